The number of fused-ring (bicyclic) bond motifs is 1. The third kappa shape index (κ3) is 3.99. The van der Waals surface area contributed by atoms with Crippen molar-refractivity contribution in [3.05, 3.63) is 65.2 Å². The zero-order valence-electron chi connectivity index (χ0n) is 17.4. The number of hydrogen-bond acceptors (Lipinski definition) is 7. The van der Waals surface area contributed by atoms with E-state index in [1.165, 1.54) is 12.1 Å². The lowest BCUT2D eigenvalue weighted by atomic mass is 10.1. The number of benzene rings is 2. The molecule has 0 amide bonds. The molecule has 2 N–H and O–H groups in total. The second-order valence-corrected chi connectivity index (χ2v) is 6.87. The molecule has 8 nitrogen and oxygen atoms in total. The monoisotopic (exact) mass is 423 g/mol. The minimum atomic E-state index is -0.353. The fourth-order valence-electron chi connectivity index (χ4n) is 3.36. The van der Waals surface area contributed by atoms with Gasteiger partial charge in [-0.15, -0.1) is 5.10 Å². The second kappa shape index (κ2) is 8.57. The van der Waals surface area contributed by atoms with Gasteiger partial charge in [0.05, 0.1) is 19.9 Å². The molecule has 0 unspecified atom stereocenters. The summed E-state index contributed by atoms with van der Waals surface area (Å²) in [4.78, 5) is 9.10. The number of nitrogens with one attached hydrogen (secondary N) is 1. The van der Waals surface area contributed by atoms with Crippen molar-refractivity contribution in [1.29, 1.82) is 0 Å². The van der Waals surface area contributed by atoms with Crippen LogP contribution in [0.2, 0.25) is 0 Å². The van der Waals surface area contributed by atoms with Crippen LogP contribution in [0.4, 0.5) is 10.3 Å². The highest BCUT2D eigenvalue weighted by atomic mass is 19.1. The quantitative estimate of drug-likeness (QED) is 0.471. The molecule has 0 saturated carbocycles. The minimum Gasteiger partial charge on any atom is -0.497 e. The first-order valence-electron chi connectivity index (χ1n) is 9.62. The number of aromatic nitrogens is 4. The van der Waals surface area contributed by atoms with E-state index in [9.17, 15) is 9.50 Å². The summed E-state index contributed by atoms with van der Waals surface area (Å²) >= 11 is 0. The fraction of sp³-hybridized carbons (Fsp3) is 0.227. The number of rotatable bonds is 7. The third-order valence-corrected chi connectivity index (χ3v) is 4.93. The van der Waals surface area contributed by atoms with Gasteiger partial charge in [0, 0.05) is 29.3 Å². The van der Waals surface area contributed by atoms with Gasteiger partial charge in [-0.25, -0.2) is 14.4 Å². The highest BCUT2D eigenvalue weighted by Gasteiger charge is 2.17. The van der Waals surface area contributed by atoms with E-state index in [0.29, 0.717) is 40.9 Å². The van der Waals surface area contributed by atoms with E-state index in [2.05, 4.69) is 15.4 Å². The Morgan fingerprint density at radius 2 is 1.94 bits per heavy atom. The molecule has 2 aromatic heterocycles. The summed E-state index contributed by atoms with van der Waals surface area (Å²) in [6.45, 7) is 1.92. The normalized spacial score (nSPS) is 11.0. The molecule has 0 fully saturated rings. The van der Waals surface area contributed by atoms with Gasteiger partial charge in [-0.05, 0) is 31.2 Å². The summed E-state index contributed by atoms with van der Waals surface area (Å²) in [5.41, 5.74) is 3.34. The number of aryl methyl sites for hydroxylation is 1. The first-order valence-corrected chi connectivity index (χ1v) is 9.62. The average Bonchev–Trinajstić information content (AvgIpc) is 3.24. The van der Waals surface area contributed by atoms with Crippen molar-refractivity contribution in [2.45, 2.75) is 20.1 Å². The maximum Gasteiger partial charge on any atom is 0.226 e. The molecule has 0 atom stereocenters. The summed E-state index contributed by atoms with van der Waals surface area (Å²) in [7, 11) is 3.19. The van der Waals surface area contributed by atoms with Gasteiger partial charge in [0.1, 0.15) is 23.9 Å². The molecule has 4 rings (SSSR count). The topological polar surface area (TPSA) is 93.8 Å². The van der Waals surface area contributed by atoms with Crippen LogP contribution in [0.25, 0.3) is 16.9 Å². The number of methoxy groups -OCH3 is 2. The fourth-order valence-corrected chi connectivity index (χ4v) is 3.36. The SMILES string of the molecule is COc1ccc(CNc2nc(-c3cccc(F)c3)c(C)c3nc(CO)nn23)c(OC)c1. The van der Waals surface area contributed by atoms with Crippen molar-refractivity contribution in [1.82, 2.24) is 19.6 Å². The van der Waals surface area contributed by atoms with Crippen molar-refractivity contribution < 1.29 is 19.0 Å². The van der Waals surface area contributed by atoms with E-state index in [4.69, 9.17) is 14.5 Å². The Labute approximate surface area is 178 Å². The predicted octanol–water partition coefficient (Wildman–Crippen LogP) is 3.36. The van der Waals surface area contributed by atoms with Crippen LogP contribution in [0.1, 0.15) is 17.0 Å². The molecule has 2 heterocycles. The molecule has 160 valence electrons. The summed E-state index contributed by atoms with van der Waals surface area (Å²) in [5, 5.41) is 17.1. The molecule has 31 heavy (non-hydrogen) atoms. The van der Waals surface area contributed by atoms with Crippen LogP contribution in [-0.4, -0.2) is 38.9 Å². The summed E-state index contributed by atoms with van der Waals surface area (Å²) in [6.07, 6.45) is 0. The Morgan fingerprint density at radius 3 is 2.65 bits per heavy atom. The molecule has 0 aliphatic carbocycles. The lowest BCUT2D eigenvalue weighted by molar-refractivity contribution is 0.271. The van der Waals surface area contributed by atoms with Crippen LogP contribution in [-0.2, 0) is 13.2 Å². The van der Waals surface area contributed by atoms with Crippen LogP contribution >= 0.6 is 0 Å². The summed E-state index contributed by atoms with van der Waals surface area (Å²) in [5.74, 6) is 1.67. The highest BCUT2D eigenvalue weighted by Crippen LogP contribution is 2.28. The average molecular weight is 423 g/mol. The van der Waals surface area contributed by atoms with Crippen molar-refractivity contribution in [3.8, 4) is 22.8 Å². The van der Waals surface area contributed by atoms with Gasteiger partial charge in [0.2, 0.25) is 5.95 Å². The maximum absolute atomic E-state index is 13.8. The van der Waals surface area contributed by atoms with Crippen LogP contribution in [0.3, 0.4) is 0 Å². The smallest absolute Gasteiger partial charge is 0.226 e. The van der Waals surface area contributed by atoms with Crippen LogP contribution < -0.4 is 14.8 Å². The number of ether oxygens (including phenoxy) is 2. The first kappa shape index (κ1) is 20.5. The summed E-state index contributed by atoms with van der Waals surface area (Å²) < 4.78 is 26.1. The highest BCUT2D eigenvalue weighted by molar-refractivity contribution is 5.71. The van der Waals surface area contributed by atoms with Gasteiger partial charge < -0.3 is 19.9 Å². The Kier molecular flexibility index (Phi) is 5.68. The lowest BCUT2D eigenvalue weighted by Crippen LogP contribution is -2.10. The number of nitrogens with zero attached hydrogens (tertiary/aromatic N) is 4. The Balaban J connectivity index is 1.78. The molecule has 0 aliphatic rings. The van der Waals surface area contributed by atoms with E-state index in [-0.39, 0.29) is 18.2 Å². The number of anilines is 1. The Hall–Kier alpha value is -3.72. The standard InChI is InChI=1S/C22H22FN5O3/c1-13-20(14-5-4-6-16(23)9-14)26-22(28-21(13)25-19(12-29)27-28)24-11-15-7-8-17(30-2)10-18(15)31-3/h4-10,29H,11-12H2,1-3H3,(H,24,26). The predicted molar refractivity (Wildman–Crippen MR) is 114 cm³/mol. The maximum atomic E-state index is 13.8. The second-order valence-electron chi connectivity index (χ2n) is 6.87. The van der Waals surface area contributed by atoms with Gasteiger partial charge in [0.25, 0.3) is 0 Å². The largest absolute Gasteiger partial charge is 0.497 e. The van der Waals surface area contributed by atoms with Gasteiger partial charge in [0.15, 0.2) is 11.5 Å². The molecule has 0 aliphatic heterocycles. The van der Waals surface area contributed by atoms with Crippen molar-refractivity contribution in [2.75, 3.05) is 19.5 Å². The van der Waals surface area contributed by atoms with Crippen molar-refractivity contribution in [3.63, 3.8) is 0 Å². The van der Waals surface area contributed by atoms with Gasteiger partial charge in [-0.3, -0.25) is 0 Å². The van der Waals surface area contributed by atoms with E-state index >= 15 is 0 Å². The molecule has 0 radical (unpaired) electrons. The zero-order valence-corrected chi connectivity index (χ0v) is 17.4. The number of halogens is 1. The molecular weight excluding hydrogens is 401 g/mol. The first-order chi connectivity index (χ1) is 15.0. The molecule has 0 spiro atoms. The van der Waals surface area contributed by atoms with Crippen LogP contribution in [0, 0.1) is 12.7 Å². The van der Waals surface area contributed by atoms with Crippen molar-refractivity contribution in [2.24, 2.45) is 0 Å². The minimum absolute atomic E-state index is 0.270. The Bertz CT molecular complexity index is 1240. The number of aliphatic hydroxyl groups excluding tert-OH is 1. The molecule has 2 aromatic carbocycles. The number of hydrogen-bond donors (Lipinski definition) is 2. The van der Waals surface area contributed by atoms with Crippen LogP contribution in [0.5, 0.6) is 11.5 Å². The molecule has 0 saturated heterocycles. The Morgan fingerprint density at radius 1 is 1.10 bits per heavy atom. The van der Waals surface area contributed by atoms with E-state index in [0.717, 1.165) is 11.1 Å². The third-order valence-electron chi connectivity index (χ3n) is 4.93. The zero-order chi connectivity index (χ0) is 22.0. The van der Waals surface area contributed by atoms with E-state index < -0.39 is 0 Å². The van der Waals surface area contributed by atoms with Gasteiger partial charge in [-0.1, -0.05) is 12.1 Å². The summed E-state index contributed by atoms with van der Waals surface area (Å²) in [6, 6.07) is 11.8. The lowest BCUT2D eigenvalue weighted by Gasteiger charge is -2.14. The van der Waals surface area contributed by atoms with Gasteiger partial charge in [-0.2, -0.15) is 4.52 Å². The van der Waals surface area contributed by atoms with Gasteiger partial charge >= 0.3 is 0 Å². The molecular formula is C22H22FN5O3. The van der Waals surface area contributed by atoms with Crippen molar-refractivity contribution >= 4 is 11.6 Å². The van der Waals surface area contributed by atoms with Crippen LogP contribution in [0.15, 0.2) is 42.5 Å². The molecule has 9 heteroatoms. The molecule has 4 aromatic rings. The van der Waals surface area contributed by atoms with E-state index in [1.807, 2.05) is 19.1 Å². The van der Waals surface area contributed by atoms with E-state index in [1.54, 1.807) is 36.9 Å². The number of aliphatic hydroxyl groups is 1. The molecule has 0 bridgehead atoms.